The Labute approximate surface area is 214 Å². The molecule has 2 unspecified atom stereocenters. The molecule has 1 rings (SSSR count). The van der Waals surface area contributed by atoms with Gasteiger partial charge in [-0.05, 0) is 69.7 Å². The number of carbonyl (C=O) groups excluding carboxylic acids is 3. The number of nitrogens with one attached hydrogen (secondary N) is 2. The van der Waals surface area contributed by atoms with E-state index >= 15 is 0 Å². The van der Waals surface area contributed by atoms with E-state index in [0.717, 1.165) is 19.3 Å². The number of carbonyl (C=O) groups is 3. The number of nitrogens with zero attached hydrogens (tertiary/aromatic N) is 1. The topological polar surface area (TPSA) is 108 Å². The van der Waals surface area contributed by atoms with E-state index < -0.39 is 23.8 Å². The lowest BCUT2D eigenvalue weighted by Crippen LogP contribution is -2.53. The third kappa shape index (κ3) is 11.2. The number of thioether (sulfide) groups is 1. The number of aromatic hydroxyl groups is 1. The molecular weight excluding hydrogens is 466 g/mol. The highest BCUT2D eigenvalue weighted by Gasteiger charge is 2.35. The Morgan fingerprint density at radius 1 is 1.09 bits per heavy atom. The molecule has 0 spiro atoms. The first-order valence-corrected chi connectivity index (χ1v) is 13.8. The molecule has 1 aromatic rings. The average molecular weight is 510 g/mol. The Balaban J connectivity index is 3.36. The largest absolute Gasteiger partial charge is 0.508 e. The summed E-state index contributed by atoms with van der Waals surface area (Å²) in [5.41, 5.74) is -0.102. The molecule has 0 heterocycles. The number of alkyl carbamates (subject to hydrolysis) is 1. The number of phenols is 1. The summed E-state index contributed by atoms with van der Waals surface area (Å²) in [4.78, 5) is 41.4. The number of hydrogen-bond acceptors (Lipinski definition) is 6. The van der Waals surface area contributed by atoms with Gasteiger partial charge >= 0.3 is 6.09 Å². The van der Waals surface area contributed by atoms with E-state index in [4.69, 9.17) is 4.74 Å². The highest BCUT2D eigenvalue weighted by Crippen LogP contribution is 2.26. The normalized spacial score (nSPS) is 13.0. The Kier molecular flexibility index (Phi) is 13.6. The van der Waals surface area contributed by atoms with Crippen LogP contribution in [0.25, 0.3) is 0 Å². The summed E-state index contributed by atoms with van der Waals surface area (Å²) in [6.45, 7) is 10.2. The molecule has 198 valence electrons. The fourth-order valence-corrected chi connectivity index (χ4v) is 3.92. The predicted octanol–water partition coefficient (Wildman–Crippen LogP) is 4.62. The quantitative estimate of drug-likeness (QED) is 0.316. The minimum absolute atomic E-state index is 0.0785. The highest BCUT2D eigenvalue weighted by molar-refractivity contribution is 7.98. The van der Waals surface area contributed by atoms with E-state index in [9.17, 15) is 19.5 Å². The molecule has 0 aliphatic rings. The lowest BCUT2D eigenvalue weighted by atomic mass is 10.0. The minimum Gasteiger partial charge on any atom is -0.508 e. The van der Waals surface area contributed by atoms with E-state index in [2.05, 4.69) is 10.6 Å². The summed E-state index contributed by atoms with van der Waals surface area (Å²) in [6, 6.07) is 4.61. The molecule has 0 saturated carbocycles. The summed E-state index contributed by atoms with van der Waals surface area (Å²) in [7, 11) is 0. The molecule has 3 N–H and O–H groups in total. The summed E-state index contributed by atoms with van der Waals surface area (Å²) in [6.07, 6.45) is 4.96. The fourth-order valence-electron chi connectivity index (χ4n) is 3.45. The maximum absolute atomic E-state index is 13.9. The number of hydrogen-bond donors (Lipinski definition) is 3. The van der Waals surface area contributed by atoms with Gasteiger partial charge in [-0.3, -0.25) is 9.59 Å². The standard InChI is InChI=1S/C26H43N3O5S/c1-7-9-16-27-23(31)22(19-11-13-20(30)14-12-19)29(17-10-8-2)24(32)21(15-18-35-6)28-25(33)34-26(3,4)5/h11-14,21-22,30H,7-10,15-18H2,1-6H3,(H,27,31)(H,28,33). The van der Waals surface area contributed by atoms with Gasteiger partial charge in [0.2, 0.25) is 11.8 Å². The van der Waals surface area contributed by atoms with Crippen molar-refractivity contribution in [2.75, 3.05) is 25.1 Å². The van der Waals surface area contributed by atoms with Crippen LogP contribution in [0.2, 0.25) is 0 Å². The Hall–Kier alpha value is -2.42. The third-order valence-electron chi connectivity index (χ3n) is 5.23. The van der Waals surface area contributed by atoms with Crippen LogP contribution < -0.4 is 10.6 Å². The first kappa shape index (κ1) is 30.6. The van der Waals surface area contributed by atoms with Gasteiger partial charge in [0.15, 0.2) is 0 Å². The summed E-state index contributed by atoms with van der Waals surface area (Å²) >= 11 is 1.57. The molecule has 0 saturated heterocycles. The first-order chi connectivity index (χ1) is 16.5. The number of benzene rings is 1. The van der Waals surface area contributed by atoms with Gasteiger partial charge in [-0.15, -0.1) is 0 Å². The zero-order valence-electron chi connectivity index (χ0n) is 22.1. The summed E-state index contributed by atoms with van der Waals surface area (Å²) in [5, 5.41) is 15.5. The van der Waals surface area contributed by atoms with Crippen molar-refractivity contribution in [3.63, 3.8) is 0 Å². The molecule has 8 nitrogen and oxygen atoms in total. The lowest BCUT2D eigenvalue weighted by molar-refractivity contribution is -0.142. The molecular formula is C26H43N3O5S. The minimum atomic E-state index is -0.885. The van der Waals surface area contributed by atoms with Gasteiger partial charge < -0.3 is 25.4 Å². The molecule has 0 fully saturated rings. The summed E-state index contributed by atoms with van der Waals surface area (Å²) < 4.78 is 5.40. The molecule has 0 radical (unpaired) electrons. The number of unbranched alkanes of at least 4 members (excludes halogenated alkanes) is 2. The van der Waals surface area contributed by atoms with Crippen LogP contribution in [0, 0.1) is 0 Å². The van der Waals surface area contributed by atoms with Crippen molar-refractivity contribution in [1.82, 2.24) is 15.5 Å². The van der Waals surface area contributed by atoms with Crippen molar-refractivity contribution in [2.45, 2.75) is 84.4 Å². The average Bonchev–Trinajstić information content (AvgIpc) is 2.78. The van der Waals surface area contributed by atoms with Crippen molar-refractivity contribution in [2.24, 2.45) is 0 Å². The molecule has 9 heteroatoms. The van der Waals surface area contributed by atoms with Crippen molar-refractivity contribution in [3.05, 3.63) is 29.8 Å². The second kappa shape index (κ2) is 15.5. The van der Waals surface area contributed by atoms with E-state index in [1.54, 1.807) is 49.6 Å². The summed E-state index contributed by atoms with van der Waals surface area (Å²) in [5.74, 6) is 0.117. The van der Waals surface area contributed by atoms with E-state index in [1.165, 1.54) is 12.1 Å². The first-order valence-electron chi connectivity index (χ1n) is 12.4. The smallest absolute Gasteiger partial charge is 0.408 e. The Morgan fingerprint density at radius 2 is 1.71 bits per heavy atom. The van der Waals surface area contributed by atoms with Crippen molar-refractivity contribution < 1.29 is 24.2 Å². The van der Waals surface area contributed by atoms with Crippen LogP contribution in [0.5, 0.6) is 5.75 Å². The van der Waals surface area contributed by atoms with Gasteiger partial charge in [0, 0.05) is 13.1 Å². The van der Waals surface area contributed by atoms with Gasteiger partial charge in [0.1, 0.15) is 23.4 Å². The maximum Gasteiger partial charge on any atom is 0.408 e. The number of phenolic OH excluding ortho intramolecular Hbond substituents is 1. The van der Waals surface area contributed by atoms with Gasteiger partial charge in [-0.1, -0.05) is 38.8 Å². The van der Waals surface area contributed by atoms with Crippen LogP contribution in [0.1, 0.15) is 78.3 Å². The number of amides is 3. The van der Waals surface area contributed by atoms with E-state index in [-0.39, 0.29) is 17.6 Å². The maximum atomic E-state index is 13.9. The van der Waals surface area contributed by atoms with Crippen LogP contribution in [0.3, 0.4) is 0 Å². The van der Waals surface area contributed by atoms with E-state index in [1.807, 2.05) is 20.1 Å². The molecule has 0 bridgehead atoms. The van der Waals surface area contributed by atoms with Crippen molar-refractivity contribution in [3.8, 4) is 5.75 Å². The van der Waals surface area contributed by atoms with Gasteiger partial charge in [-0.2, -0.15) is 11.8 Å². The van der Waals surface area contributed by atoms with Crippen LogP contribution in [-0.4, -0.2) is 64.7 Å². The zero-order chi connectivity index (χ0) is 26.4. The van der Waals surface area contributed by atoms with Crippen molar-refractivity contribution >= 4 is 29.7 Å². The van der Waals surface area contributed by atoms with Gasteiger partial charge in [0.05, 0.1) is 0 Å². The van der Waals surface area contributed by atoms with Gasteiger partial charge in [0.25, 0.3) is 0 Å². The molecule has 0 aromatic heterocycles. The van der Waals surface area contributed by atoms with Crippen LogP contribution in [-0.2, 0) is 14.3 Å². The molecule has 3 amide bonds. The molecule has 2 atom stereocenters. The predicted molar refractivity (Wildman–Crippen MR) is 142 cm³/mol. The van der Waals surface area contributed by atoms with Crippen LogP contribution in [0.4, 0.5) is 4.79 Å². The Morgan fingerprint density at radius 3 is 2.26 bits per heavy atom. The molecule has 0 aliphatic heterocycles. The highest BCUT2D eigenvalue weighted by atomic mass is 32.2. The van der Waals surface area contributed by atoms with Gasteiger partial charge in [-0.25, -0.2) is 4.79 Å². The molecule has 0 aliphatic carbocycles. The SMILES string of the molecule is CCCCNC(=O)C(c1ccc(O)cc1)N(CCCC)C(=O)C(CCSC)NC(=O)OC(C)(C)C. The fraction of sp³-hybridized carbons (Fsp3) is 0.654. The monoisotopic (exact) mass is 509 g/mol. The second-order valence-electron chi connectivity index (χ2n) is 9.50. The molecule has 1 aromatic carbocycles. The third-order valence-corrected chi connectivity index (χ3v) is 5.88. The lowest BCUT2D eigenvalue weighted by Gasteiger charge is -2.34. The number of ether oxygens (including phenoxy) is 1. The Bertz CT molecular complexity index is 795. The second-order valence-corrected chi connectivity index (χ2v) is 10.5. The molecule has 35 heavy (non-hydrogen) atoms. The van der Waals surface area contributed by atoms with E-state index in [0.29, 0.717) is 37.2 Å². The van der Waals surface area contributed by atoms with Crippen LogP contribution >= 0.6 is 11.8 Å². The number of rotatable bonds is 14. The van der Waals surface area contributed by atoms with Crippen LogP contribution in [0.15, 0.2) is 24.3 Å². The zero-order valence-corrected chi connectivity index (χ0v) is 22.9. The van der Waals surface area contributed by atoms with Crippen molar-refractivity contribution in [1.29, 1.82) is 0 Å².